The Balaban J connectivity index is 1.63. The number of fused-ring (bicyclic) bond motifs is 1. The number of halogens is 2. The van der Waals surface area contributed by atoms with Gasteiger partial charge < -0.3 is 29.6 Å². The van der Waals surface area contributed by atoms with E-state index >= 15 is 8.78 Å². The fourth-order valence-electron chi connectivity index (χ4n) is 4.90. The molecule has 3 aromatic heterocycles. The number of hydrogen-bond acceptors (Lipinski definition) is 8. The first-order valence-corrected chi connectivity index (χ1v) is 14.2. The lowest BCUT2D eigenvalue weighted by Gasteiger charge is -2.17. The topological polar surface area (TPSA) is 116 Å². The molecule has 0 aliphatic rings. The minimum atomic E-state index is -1.04. The van der Waals surface area contributed by atoms with Crippen LogP contribution >= 0.6 is 0 Å². The number of ether oxygens (including phenoxy) is 2. The molecule has 2 N–H and O–H groups in total. The Morgan fingerprint density at radius 2 is 1.76 bits per heavy atom. The van der Waals surface area contributed by atoms with E-state index in [9.17, 15) is 9.59 Å². The van der Waals surface area contributed by atoms with E-state index in [1.807, 2.05) is 19.0 Å². The standard InChI is InChI=1S/C33H33F2N7O4/c1-40(2)12-7-10-29(43)37-22-9-6-8-20(14-22)19-42-24-16-28(38-27-11-13-41(3)39-27)36-18-21(24)15-23(33(42)44)30-31(34)25(45-4)17-26(46-5)32(30)35/h6-11,13-18H,12,19H2,1-5H3,(H,37,43)(H,36,38,39)/b10-7+. The van der Waals surface area contributed by atoms with Crippen LogP contribution in [0, 0.1) is 11.6 Å². The molecule has 46 heavy (non-hydrogen) atoms. The summed E-state index contributed by atoms with van der Waals surface area (Å²) in [5.41, 5.74) is 0.103. The van der Waals surface area contributed by atoms with Gasteiger partial charge in [0.25, 0.3) is 5.56 Å². The van der Waals surface area contributed by atoms with Crippen molar-refractivity contribution in [3.05, 3.63) is 101 Å². The van der Waals surface area contributed by atoms with E-state index in [2.05, 4.69) is 20.7 Å². The van der Waals surface area contributed by atoms with Crippen molar-refractivity contribution in [3.8, 4) is 22.6 Å². The van der Waals surface area contributed by atoms with Gasteiger partial charge in [-0.3, -0.25) is 14.3 Å². The van der Waals surface area contributed by atoms with Crippen molar-refractivity contribution in [1.82, 2.24) is 24.2 Å². The molecule has 5 rings (SSSR count). The first-order chi connectivity index (χ1) is 22.1. The molecule has 3 heterocycles. The highest BCUT2D eigenvalue weighted by Crippen LogP contribution is 2.37. The third-order valence-electron chi connectivity index (χ3n) is 7.07. The van der Waals surface area contributed by atoms with Crippen LogP contribution in [0.4, 0.5) is 26.1 Å². The van der Waals surface area contributed by atoms with E-state index in [0.29, 0.717) is 40.3 Å². The number of pyridine rings is 2. The van der Waals surface area contributed by atoms with Gasteiger partial charge in [0.1, 0.15) is 5.82 Å². The minimum Gasteiger partial charge on any atom is -0.494 e. The van der Waals surface area contributed by atoms with Crippen molar-refractivity contribution in [3.63, 3.8) is 0 Å². The van der Waals surface area contributed by atoms with Gasteiger partial charge in [-0.25, -0.2) is 13.8 Å². The molecule has 11 nitrogen and oxygen atoms in total. The molecule has 1 amide bonds. The number of carbonyl (C=O) groups excluding carboxylic acids is 1. The summed E-state index contributed by atoms with van der Waals surface area (Å²) in [6.07, 6.45) is 6.46. The molecule has 5 aromatic rings. The second-order valence-electron chi connectivity index (χ2n) is 10.7. The van der Waals surface area contributed by atoms with Crippen LogP contribution in [0.2, 0.25) is 0 Å². The number of nitrogens with zero attached hydrogens (tertiary/aromatic N) is 5. The molecule has 2 aromatic carbocycles. The van der Waals surface area contributed by atoms with E-state index in [-0.39, 0.29) is 29.5 Å². The fraction of sp³-hybridized carbons (Fsp3) is 0.212. The van der Waals surface area contributed by atoms with Gasteiger partial charge in [-0.15, -0.1) is 0 Å². The van der Waals surface area contributed by atoms with Gasteiger partial charge in [-0.2, -0.15) is 5.10 Å². The number of methoxy groups -OCH3 is 2. The van der Waals surface area contributed by atoms with Crippen molar-refractivity contribution in [2.45, 2.75) is 6.54 Å². The average Bonchev–Trinajstić information content (AvgIpc) is 3.43. The highest BCUT2D eigenvalue weighted by molar-refractivity contribution is 5.99. The van der Waals surface area contributed by atoms with Gasteiger partial charge in [0.15, 0.2) is 29.0 Å². The zero-order chi connectivity index (χ0) is 33.0. The highest BCUT2D eigenvalue weighted by atomic mass is 19.1. The Hall–Kier alpha value is -5.56. The molecule has 0 atom stereocenters. The van der Waals surface area contributed by atoms with Crippen LogP contribution in [0.3, 0.4) is 0 Å². The lowest BCUT2D eigenvalue weighted by Crippen LogP contribution is -2.24. The molecule has 0 bridgehead atoms. The number of aromatic nitrogens is 4. The van der Waals surface area contributed by atoms with Crippen molar-refractivity contribution in [1.29, 1.82) is 0 Å². The van der Waals surface area contributed by atoms with Gasteiger partial charge in [0, 0.05) is 61.3 Å². The van der Waals surface area contributed by atoms with Crippen LogP contribution in [0.1, 0.15) is 5.56 Å². The summed E-state index contributed by atoms with van der Waals surface area (Å²) >= 11 is 0. The SMILES string of the molecule is COc1cc(OC)c(F)c(-c2cc3cnc(Nc4ccn(C)n4)cc3n(Cc3cccc(NC(=O)/C=C/CN(C)C)c3)c2=O)c1F. The predicted molar refractivity (Wildman–Crippen MR) is 173 cm³/mol. The van der Waals surface area contributed by atoms with Gasteiger partial charge in [0.2, 0.25) is 5.91 Å². The Kier molecular flexibility index (Phi) is 9.42. The van der Waals surface area contributed by atoms with Gasteiger partial charge in [-0.1, -0.05) is 18.2 Å². The highest BCUT2D eigenvalue weighted by Gasteiger charge is 2.25. The van der Waals surface area contributed by atoms with E-state index in [4.69, 9.17) is 9.47 Å². The number of likely N-dealkylation sites (N-methyl/N-ethyl adjacent to an activating group) is 1. The second kappa shape index (κ2) is 13.6. The number of aryl methyl sites for hydroxylation is 1. The molecule has 0 fully saturated rings. The summed E-state index contributed by atoms with van der Waals surface area (Å²) in [4.78, 5) is 33.0. The van der Waals surface area contributed by atoms with E-state index in [0.717, 1.165) is 6.07 Å². The number of benzene rings is 2. The molecule has 13 heteroatoms. The van der Waals surface area contributed by atoms with E-state index < -0.39 is 22.8 Å². The summed E-state index contributed by atoms with van der Waals surface area (Å²) in [5.74, 6) is -2.02. The Bertz CT molecular complexity index is 1970. The van der Waals surface area contributed by atoms with Gasteiger partial charge in [-0.05, 0) is 37.9 Å². The van der Waals surface area contributed by atoms with Crippen molar-refractivity contribution < 1.29 is 23.0 Å². The van der Waals surface area contributed by atoms with Crippen LogP contribution in [-0.4, -0.2) is 65.0 Å². The molecule has 0 saturated carbocycles. The lowest BCUT2D eigenvalue weighted by molar-refractivity contribution is -0.111. The Morgan fingerprint density at radius 1 is 1.02 bits per heavy atom. The number of hydrogen-bond donors (Lipinski definition) is 2. The van der Waals surface area contributed by atoms with Crippen LogP contribution in [0.5, 0.6) is 11.5 Å². The molecule has 0 aliphatic heterocycles. The van der Waals surface area contributed by atoms with Crippen molar-refractivity contribution in [2.24, 2.45) is 7.05 Å². The molecule has 0 unspecified atom stereocenters. The number of nitrogens with one attached hydrogen (secondary N) is 2. The maximum Gasteiger partial charge on any atom is 0.259 e. The Labute approximate surface area is 263 Å². The zero-order valence-electron chi connectivity index (χ0n) is 26.0. The third kappa shape index (κ3) is 6.89. The first-order valence-electron chi connectivity index (χ1n) is 14.2. The van der Waals surface area contributed by atoms with Gasteiger partial charge in [0.05, 0.1) is 37.4 Å². The normalized spacial score (nSPS) is 11.4. The molecule has 0 spiro atoms. The molecule has 0 aliphatic carbocycles. The van der Waals surface area contributed by atoms with Crippen molar-refractivity contribution >= 4 is 34.1 Å². The lowest BCUT2D eigenvalue weighted by atomic mass is 10.0. The Morgan fingerprint density at radius 3 is 2.41 bits per heavy atom. The zero-order valence-corrected chi connectivity index (χ0v) is 26.0. The number of rotatable bonds is 11. The van der Waals surface area contributed by atoms with Crippen LogP contribution in [-0.2, 0) is 18.4 Å². The monoisotopic (exact) mass is 629 g/mol. The van der Waals surface area contributed by atoms with E-state index in [1.165, 1.54) is 37.1 Å². The van der Waals surface area contributed by atoms with Gasteiger partial charge >= 0.3 is 0 Å². The maximum atomic E-state index is 15.6. The summed E-state index contributed by atoms with van der Waals surface area (Å²) in [6, 6.07) is 12.9. The van der Waals surface area contributed by atoms with Crippen LogP contribution in [0.25, 0.3) is 22.0 Å². The van der Waals surface area contributed by atoms with Crippen molar-refractivity contribution in [2.75, 3.05) is 45.5 Å². The van der Waals surface area contributed by atoms with E-state index in [1.54, 1.807) is 60.4 Å². The third-order valence-corrected chi connectivity index (χ3v) is 7.07. The predicted octanol–water partition coefficient (Wildman–Crippen LogP) is 4.94. The smallest absolute Gasteiger partial charge is 0.259 e. The maximum absolute atomic E-state index is 15.6. The summed E-state index contributed by atoms with van der Waals surface area (Å²) in [7, 11) is 8.05. The number of carbonyl (C=O) groups is 1. The summed E-state index contributed by atoms with van der Waals surface area (Å²) in [6.45, 7) is 0.604. The first kappa shape index (κ1) is 31.9. The second-order valence-corrected chi connectivity index (χ2v) is 10.7. The molecule has 0 saturated heterocycles. The molecule has 0 radical (unpaired) electrons. The quantitative estimate of drug-likeness (QED) is 0.198. The molecule has 238 valence electrons. The number of anilines is 3. The molecular formula is C33H33F2N7O4. The minimum absolute atomic E-state index is 0.000729. The summed E-state index contributed by atoms with van der Waals surface area (Å²) < 4.78 is 44.5. The molecular weight excluding hydrogens is 596 g/mol. The average molecular weight is 630 g/mol. The van der Waals surface area contributed by atoms with Crippen LogP contribution in [0.15, 0.2) is 77.9 Å². The number of amides is 1. The summed E-state index contributed by atoms with van der Waals surface area (Å²) in [5, 5.41) is 10.7. The largest absolute Gasteiger partial charge is 0.494 e. The van der Waals surface area contributed by atoms with Crippen LogP contribution < -0.4 is 25.7 Å². The fourth-order valence-corrected chi connectivity index (χ4v) is 4.90.